The van der Waals surface area contributed by atoms with Crippen molar-refractivity contribution >= 4 is 17.6 Å². The highest BCUT2D eigenvalue weighted by Gasteiger charge is 2.11. The SMILES string of the molecule is COC(=O)Cc1cc(Cl)c(OC(F)F)cn1. The first kappa shape index (κ1) is 12.6. The Balaban J connectivity index is 2.78. The summed E-state index contributed by atoms with van der Waals surface area (Å²) in [6.45, 7) is -2.97. The van der Waals surface area contributed by atoms with Gasteiger partial charge in [-0.2, -0.15) is 8.78 Å². The number of pyridine rings is 1. The molecule has 0 N–H and O–H groups in total. The maximum absolute atomic E-state index is 11.9. The van der Waals surface area contributed by atoms with E-state index in [1.54, 1.807) is 0 Å². The van der Waals surface area contributed by atoms with E-state index in [9.17, 15) is 13.6 Å². The summed E-state index contributed by atoms with van der Waals surface area (Å²) < 4.78 is 32.3. The van der Waals surface area contributed by atoms with Crippen LogP contribution in [0.3, 0.4) is 0 Å². The normalized spacial score (nSPS) is 10.3. The highest BCUT2D eigenvalue weighted by atomic mass is 35.5. The summed E-state index contributed by atoms with van der Waals surface area (Å²) in [7, 11) is 1.23. The number of halogens is 3. The Hall–Kier alpha value is -1.43. The molecule has 1 aromatic rings. The van der Waals surface area contributed by atoms with Crippen molar-refractivity contribution in [1.82, 2.24) is 4.98 Å². The van der Waals surface area contributed by atoms with E-state index in [1.807, 2.05) is 0 Å². The summed E-state index contributed by atoms with van der Waals surface area (Å²) in [4.78, 5) is 14.6. The Kier molecular flexibility index (Phi) is 4.42. The zero-order valence-corrected chi connectivity index (χ0v) is 9.00. The molecule has 0 aliphatic heterocycles. The number of hydrogen-bond acceptors (Lipinski definition) is 4. The van der Waals surface area contributed by atoms with Gasteiger partial charge in [-0.25, -0.2) is 0 Å². The van der Waals surface area contributed by atoms with E-state index < -0.39 is 12.6 Å². The number of rotatable bonds is 4. The maximum Gasteiger partial charge on any atom is 0.387 e. The van der Waals surface area contributed by atoms with Crippen LogP contribution in [0.15, 0.2) is 12.3 Å². The molecule has 0 aromatic carbocycles. The second-order valence-electron chi connectivity index (χ2n) is 2.74. The van der Waals surface area contributed by atoms with Crippen molar-refractivity contribution in [1.29, 1.82) is 0 Å². The van der Waals surface area contributed by atoms with E-state index in [2.05, 4.69) is 14.5 Å². The molecule has 0 aliphatic carbocycles. The van der Waals surface area contributed by atoms with Crippen molar-refractivity contribution in [3.63, 3.8) is 0 Å². The number of alkyl halides is 2. The molecule has 0 atom stereocenters. The minimum Gasteiger partial charge on any atom is -0.469 e. The van der Waals surface area contributed by atoms with Crippen molar-refractivity contribution in [2.24, 2.45) is 0 Å². The van der Waals surface area contributed by atoms with E-state index in [-0.39, 0.29) is 17.2 Å². The van der Waals surface area contributed by atoms with Crippen molar-refractivity contribution in [3.8, 4) is 5.75 Å². The number of hydrogen-bond donors (Lipinski definition) is 0. The van der Waals surface area contributed by atoms with Gasteiger partial charge in [0.05, 0.1) is 30.4 Å². The molecule has 0 saturated carbocycles. The molecule has 0 amide bonds. The van der Waals surface area contributed by atoms with Gasteiger partial charge in [0, 0.05) is 0 Å². The molecule has 7 heteroatoms. The third kappa shape index (κ3) is 3.62. The molecular weight excluding hydrogens is 244 g/mol. The first-order chi connectivity index (χ1) is 7.52. The summed E-state index contributed by atoms with van der Waals surface area (Å²) in [5, 5.41) is -0.0331. The van der Waals surface area contributed by atoms with Crippen molar-refractivity contribution in [3.05, 3.63) is 23.0 Å². The Morgan fingerprint density at radius 1 is 1.62 bits per heavy atom. The second kappa shape index (κ2) is 5.60. The van der Waals surface area contributed by atoms with Crippen LogP contribution in [-0.2, 0) is 16.0 Å². The van der Waals surface area contributed by atoms with Crippen LogP contribution in [0.4, 0.5) is 8.78 Å². The largest absolute Gasteiger partial charge is 0.469 e. The lowest BCUT2D eigenvalue weighted by atomic mass is 10.3. The predicted octanol–water partition coefficient (Wildman–Crippen LogP) is 2.05. The van der Waals surface area contributed by atoms with Crippen LogP contribution in [0.1, 0.15) is 5.69 Å². The quantitative estimate of drug-likeness (QED) is 0.769. The van der Waals surface area contributed by atoms with Crippen molar-refractivity contribution in [2.75, 3.05) is 7.11 Å². The highest BCUT2D eigenvalue weighted by Crippen LogP contribution is 2.25. The Bertz CT molecular complexity index is 387. The number of methoxy groups -OCH3 is 1. The third-order valence-electron chi connectivity index (χ3n) is 1.65. The van der Waals surface area contributed by atoms with Gasteiger partial charge in [-0.05, 0) is 6.07 Å². The minimum atomic E-state index is -2.97. The summed E-state index contributed by atoms with van der Waals surface area (Å²) in [5.41, 5.74) is 0.318. The molecule has 1 heterocycles. The summed E-state index contributed by atoms with van der Waals surface area (Å²) in [6, 6.07) is 1.27. The lowest BCUT2D eigenvalue weighted by molar-refractivity contribution is -0.139. The van der Waals surface area contributed by atoms with Crippen LogP contribution < -0.4 is 4.74 Å². The fraction of sp³-hybridized carbons (Fsp3) is 0.333. The van der Waals surface area contributed by atoms with Gasteiger partial charge < -0.3 is 9.47 Å². The molecule has 0 radical (unpaired) electrons. The van der Waals surface area contributed by atoms with Crippen LogP contribution in [0.2, 0.25) is 5.02 Å². The Morgan fingerprint density at radius 3 is 2.81 bits per heavy atom. The summed E-state index contributed by atoms with van der Waals surface area (Å²) in [5.74, 6) is -0.726. The molecule has 88 valence electrons. The number of esters is 1. The van der Waals surface area contributed by atoms with Crippen molar-refractivity contribution in [2.45, 2.75) is 13.0 Å². The maximum atomic E-state index is 11.9. The van der Waals surface area contributed by atoms with E-state index in [4.69, 9.17) is 11.6 Å². The Morgan fingerprint density at radius 2 is 2.31 bits per heavy atom. The number of ether oxygens (including phenoxy) is 2. The topological polar surface area (TPSA) is 48.4 Å². The monoisotopic (exact) mass is 251 g/mol. The molecule has 0 bridgehead atoms. The van der Waals surface area contributed by atoms with Gasteiger partial charge in [0.2, 0.25) is 0 Å². The van der Waals surface area contributed by atoms with Gasteiger partial charge in [0.15, 0.2) is 5.75 Å². The van der Waals surface area contributed by atoms with Crippen molar-refractivity contribution < 1.29 is 23.0 Å². The lowest BCUT2D eigenvalue weighted by Crippen LogP contribution is -2.07. The fourth-order valence-corrected chi connectivity index (χ4v) is 1.18. The third-order valence-corrected chi connectivity index (χ3v) is 1.94. The number of carbonyl (C=O) groups is 1. The van der Waals surface area contributed by atoms with Crippen LogP contribution in [0.25, 0.3) is 0 Å². The number of carbonyl (C=O) groups excluding carboxylic acids is 1. The number of nitrogens with zero attached hydrogens (tertiary/aromatic N) is 1. The molecule has 0 fully saturated rings. The summed E-state index contributed by atoms with van der Waals surface area (Å²) >= 11 is 5.65. The van der Waals surface area contributed by atoms with Gasteiger partial charge in [-0.1, -0.05) is 11.6 Å². The van der Waals surface area contributed by atoms with Gasteiger partial charge in [0.1, 0.15) is 0 Å². The Labute approximate surface area is 95.1 Å². The summed E-state index contributed by atoms with van der Waals surface area (Å²) in [6.07, 6.45) is 0.956. The smallest absolute Gasteiger partial charge is 0.387 e. The van der Waals surface area contributed by atoms with E-state index in [0.29, 0.717) is 5.69 Å². The zero-order valence-electron chi connectivity index (χ0n) is 8.25. The van der Waals surface area contributed by atoms with E-state index in [0.717, 1.165) is 6.20 Å². The molecule has 1 rings (SSSR count). The molecular formula is C9H8ClF2NO3. The average Bonchev–Trinajstić information content (AvgIpc) is 2.21. The van der Waals surface area contributed by atoms with E-state index in [1.165, 1.54) is 13.2 Å². The standard InChI is InChI=1S/C9H8ClF2NO3/c1-15-8(14)3-5-2-6(10)7(4-13-5)16-9(11)12/h2,4,9H,3H2,1H3. The first-order valence-corrected chi connectivity index (χ1v) is 4.56. The molecule has 1 aromatic heterocycles. The molecule has 16 heavy (non-hydrogen) atoms. The lowest BCUT2D eigenvalue weighted by Gasteiger charge is -2.07. The van der Waals surface area contributed by atoms with Crippen LogP contribution >= 0.6 is 11.6 Å². The average molecular weight is 252 g/mol. The molecule has 0 unspecified atom stereocenters. The van der Waals surface area contributed by atoms with Gasteiger partial charge in [-0.3, -0.25) is 9.78 Å². The number of aromatic nitrogens is 1. The van der Waals surface area contributed by atoms with Gasteiger partial charge >= 0.3 is 12.6 Å². The highest BCUT2D eigenvalue weighted by molar-refractivity contribution is 6.32. The second-order valence-corrected chi connectivity index (χ2v) is 3.14. The molecule has 4 nitrogen and oxygen atoms in total. The molecule has 0 saturated heterocycles. The molecule has 0 aliphatic rings. The van der Waals surface area contributed by atoms with Crippen LogP contribution in [0, 0.1) is 0 Å². The first-order valence-electron chi connectivity index (χ1n) is 4.19. The zero-order chi connectivity index (χ0) is 12.1. The molecule has 0 spiro atoms. The van der Waals surface area contributed by atoms with Gasteiger partial charge in [-0.15, -0.1) is 0 Å². The van der Waals surface area contributed by atoms with Gasteiger partial charge in [0.25, 0.3) is 0 Å². The predicted molar refractivity (Wildman–Crippen MR) is 51.6 cm³/mol. The van der Waals surface area contributed by atoms with E-state index >= 15 is 0 Å². The minimum absolute atomic E-state index is 0.0331. The fourth-order valence-electron chi connectivity index (χ4n) is 0.957. The van der Waals surface area contributed by atoms with Crippen LogP contribution in [-0.4, -0.2) is 24.7 Å². The van der Waals surface area contributed by atoms with Crippen LogP contribution in [0.5, 0.6) is 5.75 Å².